The maximum atomic E-state index is 13.1. The highest BCUT2D eigenvalue weighted by molar-refractivity contribution is 7.16. The van der Waals surface area contributed by atoms with E-state index in [0.29, 0.717) is 16.5 Å². The van der Waals surface area contributed by atoms with Crippen LogP contribution in [0.4, 0.5) is 14.5 Å². The molecular weight excluding hydrogens is 432 g/mol. The number of amides is 2. The molecule has 31 heavy (non-hydrogen) atoms. The molecule has 2 heterocycles. The van der Waals surface area contributed by atoms with E-state index in [9.17, 15) is 23.2 Å². The van der Waals surface area contributed by atoms with Crippen molar-refractivity contribution in [3.05, 3.63) is 58.9 Å². The number of thiazole rings is 1. The van der Waals surface area contributed by atoms with Gasteiger partial charge >= 0.3 is 5.97 Å². The van der Waals surface area contributed by atoms with E-state index in [-0.39, 0.29) is 10.6 Å². The minimum atomic E-state index is -1.12. The summed E-state index contributed by atoms with van der Waals surface area (Å²) in [5, 5.41) is 4.98. The average molecular weight is 447 g/mol. The predicted octanol–water partition coefficient (Wildman–Crippen LogP) is 2.10. The summed E-state index contributed by atoms with van der Waals surface area (Å²) in [6.45, 7) is 0.540. The fourth-order valence-corrected chi connectivity index (χ4v) is 3.20. The molecular formula is C19H15F2N5O4S. The summed E-state index contributed by atoms with van der Waals surface area (Å²) in [6, 6.07) is 4.49. The Labute approximate surface area is 178 Å². The number of rotatable bonds is 7. The lowest BCUT2D eigenvalue weighted by atomic mass is 10.3. The topological polar surface area (TPSA) is 123 Å². The van der Waals surface area contributed by atoms with Crippen LogP contribution >= 0.6 is 11.3 Å². The molecule has 0 spiro atoms. The number of hydrogen-bond donors (Lipinski definition) is 2. The minimum Gasteiger partial charge on any atom is -0.451 e. The van der Waals surface area contributed by atoms with Crippen LogP contribution in [0.5, 0.6) is 0 Å². The van der Waals surface area contributed by atoms with Crippen molar-refractivity contribution in [3.63, 3.8) is 0 Å². The zero-order valence-corrected chi connectivity index (χ0v) is 16.8. The van der Waals surface area contributed by atoms with Crippen molar-refractivity contribution in [2.24, 2.45) is 0 Å². The molecule has 0 aliphatic heterocycles. The Morgan fingerprint density at radius 3 is 2.55 bits per heavy atom. The fraction of sp³-hybridized carbons (Fsp3) is 0.158. The van der Waals surface area contributed by atoms with Gasteiger partial charge in [-0.05, 0) is 25.1 Å². The van der Waals surface area contributed by atoms with Crippen LogP contribution < -0.4 is 10.6 Å². The van der Waals surface area contributed by atoms with Crippen molar-refractivity contribution in [3.8, 4) is 10.8 Å². The largest absolute Gasteiger partial charge is 0.451 e. The summed E-state index contributed by atoms with van der Waals surface area (Å²) in [5.41, 5.74) is 0.437. The molecule has 2 amide bonds. The number of nitrogens with one attached hydrogen (secondary N) is 2. The van der Waals surface area contributed by atoms with Crippen molar-refractivity contribution >= 4 is 34.8 Å². The molecule has 12 heteroatoms. The summed E-state index contributed by atoms with van der Waals surface area (Å²) in [5.74, 6) is -3.95. The fourth-order valence-electron chi connectivity index (χ4n) is 2.30. The molecule has 0 saturated heterocycles. The van der Waals surface area contributed by atoms with Crippen LogP contribution in [0, 0.1) is 18.6 Å². The van der Waals surface area contributed by atoms with E-state index >= 15 is 0 Å². The summed E-state index contributed by atoms with van der Waals surface area (Å²) in [6.07, 6.45) is 3.09. The molecule has 0 atom stereocenters. The van der Waals surface area contributed by atoms with Gasteiger partial charge in [0.1, 0.15) is 4.88 Å². The normalized spacial score (nSPS) is 10.4. The first-order valence-electron chi connectivity index (χ1n) is 8.77. The first-order chi connectivity index (χ1) is 14.8. The third kappa shape index (κ3) is 5.85. The van der Waals surface area contributed by atoms with Crippen LogP contribution in [-0.2, 0) is 14.3 Å². The average Bonchev–Trinajstić information content (AvgIpc) is 3.15. The Kier molecular flexibility index (Phi) is 6.92. The van der Waals surface area contributed by atoms with Crippen LogP contribution in [0.3, 0.4) is 0 Å². The molecule has 1 aromatic carbocycles. The van der Waals surface area contributed by atoms with E-state index in [1.54, 1.807) is 25.4 Å². The Morgan fingerprint density at radius 1 is 1.10 bits per heavy atom. The van der Waals surface area contributed by atoms with Gasteiger partial charge in [-0.15, -0.1) is 11.3 Å². The molecule has 3 aromatic rings. The van der Waals surface area contributed by atoms with Gasteiger partial charge in [0.15, 0.2) is 29.1 Å². The van der Waals surface area contributed by atoms with Crippen LogP contribution in [0.25, 0.3) is 10.8 Å². The zero-order valence-electron chi connectivity index (χ0n) is 16.0. The van der Waals surface area contributed by atoms with Crippen LogP contribution in [0.15, 0.2) is 36.7 Å². The quantitative estimate of drug-likeness (QED) is 0.532. The van der Waals surface area contributed by atoms with Crippen LogP contribution in [-0.4, -0.2) is 45.9 Å². The second kappa shape index (κ2) is 9.80. The van der Waals surface area contributed by atoms with Gasteiger partial charge in [-0.25, -0.2) is 28.5 Å². The third-order valence-corrected chi connectivity index (χ3v) is 4.86. The second-order valence-electron chi connectivity index (χ2n) is 6.04. The molecule has 0 radical (unpaired) electrons. The van der Waals surface area contributed by atoms with E-state index in [2.05, 4.69) is 25.6 Å². The number of carbonyl (C=O) groups is 3. The molecule has 0 unspecified atom stereocenters. The first-order valence-corrected chi connectivity index (χ1v) is 9.58. The maximum absolute atomic E-state index is 13.1. The zero-order chi connectivity index (χ0) is 22.4. The lowest BCUT2D eigenvalue weighted by molar-refractivity contribution is -0.126. The molecule has 3 rings (SSSR count). The van der Waals surface area contributed by atoms with E-state index in [1.165, 1.54) is 6.07 Å². The number of nitrogens with zero attached hydrogens (tertiary/aromatic N) is 3. The molecule has 0 fully saturated rings. The van der Waals surface area contributed by atoms with Crippen LogP contribution in [0.2, 0.25) is 0 Å². The smallest absolute Gasteiger partial charge is 0.350 e. The lowest BCUT2D eigenvalue weighted by Crippen LogP contribution is -2.35. The Hall–Kier alpha value is -3.80. The van der Waals surface area contributed by atoms with Crippen molar-refractivity contribution < 1.29 is 27.9 Å². The van der Waals surface area contributed by atoms with Crippen molar-refractivity contribution in [1.29, 1.82) is 0 Å². The number of ether oxygens (including phenoxy) is 1. The van der Waals surface area contributed by atoms with Gasteiger partial charge in [-0.2, -0.15) is 0 Å². The number of anilines is 1. The van der Waals surface area contributed by atoms with E-state index in [0.717, 1.165) is 23.5 Å². The van der Waals surface area contributed by atoms with Gasteiger partial charge in [-0.3, -0.25) is 9.59 Å². The lowest BCUT2D eigenvalue weighted by Gasteiger charge is -2.08. The highest BCUT2D eigenvalue weighted by Crippen LogP contribution is 2.25. The van der Waals surface area contributed by atoms with E-state index in [4.69, 9.17) is 4.74 Å². The summed E-state index contributed by atoms with van der Waals surface area (Å²) in [7, 11) is 0. The minimum absolute atomic E-state index is 0.0310. The number of aryl methyl sites for hydroxylation is 1. The number of hydrogen-bond acceptors (Lipinski definition) is 8. The Bertz CT molecular complexity index is 1120. The summed E-state index contributed by atoms with van der Waals surface area (Å²) in [4.78, 5) is 48.4. The maximum Gasteiger partial charge on any atom is 0.350 e. The van der Waals surface area contributed by atoms with Gasteiger partial charge in [0, 0.05) is 24.1 Å². The number of benzene rings is 1. The van der Waals surface area contributed by atoms with Gasteiger partial charge < -0.3 is 15.4 Å². The van der Waals surface area contributed by atoms with Crippen LogP contribution in [0.1, 0.15) is 15.4 Å². The standard InChI is InChI=1S/C19H15F2N5O4S/c1-10-16(31-18(25-10)17-22-5-2-6-23-17)19(29)30-9-15(28)24-8-14(27)26-11-3-4-12(20)13(21)7-11/h2-7H,8-9H2,1H3,(H,24,28)(H,26,27). The van der Waals surface area contributed by atoms with Crippen molar-refractivity contribution in [2.75, 3.05) is 18.5 Å². The SMILES string of the molecule is Cc1nc(-c2ncccn2)sc1C(=O)OCC(=O)NCC(=O)Nc1ccc(F)c(F)c1. The Morgan fingerprint density at radius 2 is 1.84 bits per heavy atom. The predicted molar refractivity (Wildman–Crippen MR) is 106 cm³/mol. The van der Waals surface area contributed by atoms with E-state index in [1.807, 2.05) is 0 Å². The highest BCUT2D eigenvalue weighted by Gasteiger charge is 2.20. The number of aromatic nitrogens is 3. The number of halogens is 2. The summed E-state index contributed by atoms with van der Waals surface area (Å²) >= 11 is 1.03. The summed E-state index contributed by atoms with van der Waals surface area (Å²) < 4.78 is 31.0. The van der Waals surface area contributed by atoms with Crippen molar-refractivity contribution in [2.45, 2.75) is 6.92 Å². The molecule has 0 aliphatic rings. The van der Waals surface area contributed by atoms with Crippen molar-refractivity contribution in [1.82, 2.24) is 20.3 Å². The molecule has 0 aliphatic carbocycles. The Balaban J connectivity index is 1.47. The molecule has 0 saturated carbocycles. The van der Waals surface area contributed by atoms with E-state index < -0.39 is 42.6 Å². The van der Waals surface area contributed by atoms with Gasteiger partial charge in [0.2, 0.25) is 5.91 Å². The van der Waals surface area contributed by atoms with Gasteiger partial charge in [-0.1, -0.05) is 0 Å². The molecule has 0 bridgehead atoms. The highest BCUT2D eigenvalue weighted by atomic mass is 32.1. The van der Waals surface area contributed by atoms with Gasteiger partial charge in [0.05, 0.1) is 12.2 Å². The number of esters is 1. The third-order valence-electron chi connectivity index (χ3n) is 3.72. The molecule has 9 nitrogen and oxygen atoms in total. The molecule has 2 N–H and O–H groups in total. The monoisotopic (exact) mass is 447 g/mol. The molecule has 160 valence electrons. The second-order valence-corrected chi connectivity index (χ2v) is 7.03. The van der Waals surface area contributed by atoms with Gasteiger partial charge in [0.25, 0.3) is 5.91 Å². The number of carbonyl (C=O) groups excluding carboxylic acids is 3. The molecule has 2 aromatic heterocycles. The first kappa shape index (κ1) is 21.9.